The van der Waals surface area contributed by atoms with Crippen LogP contribution in [0, 0.1) is 12.7 Å². The molecule has 0 saturated heterocycles. The average molecular weight is 328 g/mol. The molecule has 0 fully saturated rings. The first kappa shape index (κ1) is 16.5. The van der Waals surface area contributed by atoms with Crippen molar-refractivity contribution in [2.75, 3.05) is 19.0 Å². The van der Waals surface area contributed by atoms with Crippen LogP contribution in [0.25, 0.3) is 0 Å². The molecule has 3 rings (SSSR count). The van der Waals surface area contributed by atoms with E-state index >= 15 is 0 Å². The molecule has 0 unspecified atom stereocenters. The van der Waals surface area contributed by atoms with E-state index in [0.29, 0.717) is 24.3 Å². The van der Waals surface area contributed by atoms with Crippen LogP contribution in [0.4, 0.5) is 10.1 Å². The van der Waals surface area contributed by atoms with Crippen molar-refractivity contribution in [1.82, 2.24) is 5.32 Å². The SMILES string of the molecule is COc1ccc(C)cc1CC(=O)Nc1ccc2c(c1F)CCNC2. The van der Waals surface area contributed by atoms with Crippen LogP contribution >= 0.6 is 0 Å². The van der Waals surface area contributed by atoms with Crippen LogP contribution in [-0.2, 0) is 24.2 Å². The molecule has 1 heterocycles. The van der Waals surface area contributed by atoms with Gasteiger partial charge in [0.1, 0.15) is 11.6 Å². The molecule has 2 aromatic rings. The number of carbonyl (C=O) groups excluding carboxylic acids is 1. The molecule has 0 aromatic heterocycles. The van der Waals surface area contributed by atoms with Gasteiger partial charge in [0.2, 0.25) is 5.91 Å². The highest BCUT2D eigenvalue weighted by Crippen LogP contribution is 2.25. The van der Waals surface area contributed by atoms with Crippen molar-refractivity contribution in [2.45, 2.75) is 26.3 Å². The summed E-state index contributed by atoms with van der Waals surface area (Å²) in [6.45, 7) is 3.38. The molecule has 5 heteroatoms. The number of hydrogen-bond acceptors (Lipinski definition) is 3. The second-order valence-corrected chi connectivity index (χ2v) is 6.03. The number of halogens is 1. The van der Waals surface area contributed by atoms with E-state index in [2.05, 4.69) is 10.6 Å². The number of carbonyl (C=O) groups is 1. The minimum atomic E-state index is -0.321. The Hall–Kier alpha value is -2.40. The Morgan fingerprint density at radius 1 is 1.33 bits per heavy atom. The Morgan fingerprint density at radius 3 is 2.96 bits per heavy atom. The summed E-state index contributed by atoms with van der Waals surface area (Å²) in [5.74, 6) is 0.0815. The first-order chi connectivity index (χ1) is 11.6. The molecule has 24 heavy (non-hydrogen) atoms. The summed E-state index contributed by atoms with van der Waals surface area (Å²) in [7, 11) is 1.57. The molecular formula is C19H21FN2O2. The van der Waals surface area contributed by atoms with Gasteiger partial charge in [0, 0.05) is 12.1 Å². The number of hydrogen-bond donors (Lipinski definition) is 2. The van der Waals surface area contributed by atoms with Crippen molar-refractivity contribution in [3.63, 3.8) is 0 Å². The standard InChI is InChI=1S/C19H21FN2O2/c1-12-3-6-17(24-2)14(9-12)10-18(23)22-16-5-4-13-11-21-8-7-15(13)19(16)20/h3-6,9,21H,7-8,10-11H2,1-2H3,(H,22,23). The van der Waals surface area contributed by atoms with Gasteiger partial charge in [0.25, 0.3) is 0 Å². The zero-order chi connectivity index (χ0) is 17.1. The molecule has 2 N–H and O–H groups in total. The van der Waals surface area contributed by atoms with Gasteiger partial charge < -0.3 is 15.4 Å². The largest absolute Gasteiger partial charge is 0.496 e. The number of fused-ring (bicyclic) bond motifs is 1. The minimum absolute atomic E-state index is 0.142. The fourth-order valence-electron chi connectivity index (χ4n) is 3.04. The Morgan fingerprint density at radius 2 is 2.17 bits per heavy atom. The summed E-state index contributed by atoms with van der Waals surface area (Å²) >= 11 is 0. The van der Waals surface area contributed by atoms with E-state index in [-0.39, 0.29) is 23.8 Å². The highest BCUT2D eigenvalue weighted by Gasteiger charge is 2.18. The monoisotopic (exact) mass is 328 g/mol. The molecule has 1 amide bonds. The molecule has 1 aliphatic heterocycles. The summed E-state index contributed by atoms with van der Waals surface area (Å²) < 4.78 is 19.9. The first-order valence-electron chi connectivity index (χ1n) is 8.03. The summed E-state index contributed by atoms with van der Waals surface area (Å²) in [5, 5.41) is 5.90. The highest BCUT2D eigenvalue weighted by atomic mass is 19.1. The number of nitrogens with one attached hydrogen (secondary N) is 2. The van der Waals surface area contributed by atoms with E-state index in [9.17, 15) is 9.18 Å². The quantitative estimate of drug-likeness (QED) is 0.907. The van der Waals surface area contributed by atoms with Gasteiger partial charge in [0.15, 0.2) is 0 Å². The van der Waals surface area contributed by atoms with Crippen molar-refractivity contribution < 1.29 is 13.9 Å². The van der Waals surface area contributed by atoms with E-state index < -0.39 is 0 Å². The molecule has 0 atom stereocenters. The molecule has 4 nitrogen and oxygen atoms in total. The highest BCUT2D eigenvalue weighted by molar-refractivity contribution is 5.93. The Labute approximate surface area is 141 Å². The average Bonchev–Trinajstić information content (AvgIpc) is 2.58. The predicted octanol–water partition coefficient (Wildman–Crippen LogP) is 2.97. The fraction of sp³-hybridized carbons (Fsp3) is 0.316. The number of rotatable bonds is 4. The third-order valence-electron chi connectivity index (χ3n) is 4.27. The number of amides is 1. The van der Waals surface area contributed by atoms with Crippen LogP contribution in [0.1, 0.15) is 22.3 Å². The van der Waals surface area contributed by atoms with E-state index in [0.717, 1.165) is 23.2 Å². The Bertz CT molecular complexity index is 774. The van der Waals surface area contributed by atoms with Gasteiger partial charge in [-0.3, -0.25) is 4.79 Å². The van der Waals surface area contributed by atoms with Crippen LogP contribution in [0.3, 0.4) is 0 Å². The number of ether oxygens (including phenoxy) is 1. The molecule has 0 saturated carbocycles. The molecule has 1 aliphatic rings. The molecule has 2 aromatic carbocycles. The van der Waals surface area contributed by atoms with Crippen LogP contribution in [0.5, 0.6) is 5.75 Å². The number of benzene rings is 2. The van der Waals surface area contributed by atoms with Crippen molar-refractivity contribution >= 4 is 11.6 Å². The van der Waals surface area contributed by atoms with Gasteiger partial charge in [-0.15, -0.1) is 0 Å². The van der Waals surface area contributed by atoms with Crippen molar-refractivity contribution in [3.8, 4) is 5.75 Å². The van der Waals surface area contributed by atoms with Crippen LogP contribution in [-0.4, -0.2) is 19.6 Å². The van der Waals surface area contributed by atoms with E-state index in [1.807, 2.05) is 31.2 Å². The van der Waals surface area contributed by atoms with E-state index in [1.165, 1.54) is 0 Å². The van der Waals surface area contributed by atoms with Crippen LogP contribution in [0.2, 0.25) is 0 Å². The molecule has 0 bridgehead atoms. The van der Waals surface area contributed by atoms with Crippen molar-refractivity contribution in [2.24, 2.45) is 0 Å². The van der Waals surface area contributed by atoms with Gasteiger partial charge in [-0.1, -0.05) is 23.8 Å². The zero-order valence-electron chi connectivity index (χ0n) is 13.9. The third-order valence-corrected chi connectivity index (χ3v) is 4.27. The lowest BCUT2D eigenvalue weighted by Gasteiger charge is -2.19. The zero-order valence-corrected chi connectivity index (χ0v) is 13.9. The second-order valence-electron chi connectivity index (χ2n) is 6.03. The van der Waals surface area contributed by atoms with Crippen molar-refractivity contribution in [3.05, 3.63) is 58.4 Å². The maximum Gasteiger partial charge on any atom is 0.229 e. The summed E-state index contributed by atoms with van der Waals surface area (Å²) in [6.07, 6.45) is 0.777. The summed E-state index contributed by atoms with van der Waals surface area (Å²) in [5.41, 5.74) is 3.73. The van der Waals surface area contributed by atoms with E-state index in [1.54, 1.807) is 13.2 Å². The maximum atomic E-state index is 14.6. The molecule has 0 radical (unpaired) electrons. The molecular weight excluding hydrogens is 307 g/mol. The number of anilines is 1. The second kappa shape index (κ2) is 7.01. The van der Waals surface area contributed by atoms with Crippen LogP contribution < -0.4 is 15.4 Å². The molecule has 0 aliphatic carbocycles. The molecule has 126 valence electrons. The van der Waals surface area contributed by atoms with Gasteiger partial charge in [-0.2, -0.15) is 0 Å². The van der Waals surface area contributed by atoms with Crippen LogP contribution in [0.15, 0.2) is 30.3 Å². The lowest BCUT2D eigenvalue weighted by Crippen LogP contribution is -2.25. The number of methoxy groups -OCH3 is 1. The van der Waals surface area contributed by atoms with E-state index in [4.69, 9.17) is 4.74 Å². The van der Waals surface area contributed by atoms with Gasteiger partial charge in [-0.05, 0) is 43.1 Å². The Balaban J connectivity index is 1.77. The first-order valence-corrected chi connectivity index (χ1v) is 8.03. The maximum absolute atomic E-state index is 14.6. The fourth-order valence-corrected chi connectivity index (χ4v) is 3.04. The summed E-state index contributed by atoms with van der Waals surface area (Å²) in [6, 6.07) is 9.18. The summed E-state index contributed by atoms with van der Waals surface area (Å²) in [4.78, 5) is 12.3. The smallest absolute Gasteiger partial charge is 0.229 e. The molecule has 0 spiro atoms. The lowest BCUT2D eigenvalue weighted by molar-refractivity contribution is -0.115. The third kappa shape index (κ3) is 3.41. The van der Waals surface area contributed by atoms with Gasteiger partial charge in [0.05, 0.1) is 19.2 Å². The van der Waals surface area contributed by atoms with Crippen molar-refractivity contribution in [1.29, 1.82) is 0 Å². The number of aryl methyl sites for hydroxylation is 1. The Kier molecular flexibility index (Phi) is 4.81. The topological polar surface area (TPSA) is 50.4 Å². The minimum Gasteiger partial charge on any atom is -0.496 e. The van der Waals surface area contributed by atoms with Gasteiger partial charge in [-0.25, -0.2) is 4.39 Å². The lowest BCUT2D eigenvalue weighted by atomic mass is 9.99. The predicted molar refractivity (Wildman–Crippen MR) is 91.9 cm³/mol. The van der Waals surface area contributed by atoms with Gasteiger partial charge >= 0.3 is 0 Å². The normalized spacial score (nSPS) is 13.3.